The Kier molecular flexibility index (Phi) is 7.63. The monoisotopic (exact) mass is 234 g/mol. The smallest absolute Gasteiger partial charge is 0.330 e. The molecule has 0 aromatic carbocycles. The minimum Gasteiger partial charge on any atom is -0.382 e. The normalized spacial score (nSPS) is 12.4. The summed E-state index contributed by atoms with van der Waals surface area (Å²) in [6, 6.07) is 0. The van der Waals surface area contributed by atoms with Crippen molar-refractivity contribution >= 4 is 0 Å². The van der Waals surface area contributed by atoms with Crippen molar-refractivity contribution in [1.82, 2.24) is 0 Å². The van der Waals surface area contributed by atoms with Crippen molar-refractivity contribution in [2.24, 2.45) is 0 Å². The Morgan fingerprint density at radius 3 is 2.07 bits per heavy atom. The number of hydrogen-bond donors (Lipinski definition) is 0. The number of methoxy groups -OCH3 is 1. The lowest BCUT2D eigenvalue weighted by atomic mass is 10.4. The molecular weight excluding hydrogens is 220 g/mol. The molecule has 0 amide bonds. The van der Waals surface area contributed by atoms with Crippen LogP contribution in [-0.4, -0.2) is 52.5 Å². The molecule has 3 nitrogen and oxygen atoms in total. The molecule has 0 spiro atoms. The van der Waals surface area contributed by atoms with Gasteiger partial charge in [0.25, 0.3) is 0 Å². The van der Waals surface area contributed by atoms with Crippen LogP contribution in [0.25, 0.3) is 0 Å². The highest BCUT2D eigenvalue weighted by Crippen LogP contribution is 2.22. The summed E-state index contributed by atoms with van der Waals surface area (Å²) in [7, 11) is 1.49. The van der Waals surface area contributed by atoms with Crippen LogP contribution in [0.3, 0.4) is 0 Å². The molecule has 0 atom stereocenters. The van der Waals surface area contributed by atoms with Gasteiger partial charge in [0.15, 0.2) is 0 Å². The van der Waals surface area contributed by atoms with Crippen LogP contribution in [-0.2, 0) is 14.2 Å². The SMILES string of the molecule is COCCOCCOCC(F)(F)C(F)F. The lowest BCUT2D eigenvalue weighted by molar-refractivity contribution is -0.168. The van der Waals surface area contributed by atoms with Gasteiger partial charge in [-0.2, -0.15) is 8.78 Å². The average molecular weight is 234 g/mol. The Labute approximate surface area is 85.3 Å². The van der Waals surface area contributed by atoms with E-state index in [9.17, 15) is 17.6 Å². The van der Waals surface area contributed by atoms with Crippen molar-refractivity contribution in [3.05, 3.63) is 0 Å². The van der Waals surface area contributed by atoms with E-state index in [2.05, 4.69) is 9.47 Å². The summed E-state index contributed by atoms with van der Waals surface area (Å²) in [5, 5.41) is 0. The van der Waals surface area contributed by atoms with E-state index in [1.165, 1.54) is 7.11 Å². The first-order valence-electron chi connectivity index (χ1n) is 4.31. The number of rotatable bonds is 9. The van der Waals surface area contributed by atoms with E-state index in [1.807, 2.05) is 0 Å². The Morgan fingerprint density at radius 1 is 1.00 bits per heavy atom. The molecule has 0 rings (SSSR count). The van der Waals surface area contributed by atoms with Gasteiger partial charge in [-0.25, -0.2) is 8.78 Å². The largest absolute Gasteiger partial charge is 0.382 e. The van der Waals surface area contributed by atoms with E-state index in [0.717, 1.165) is 0 Å². The molecule has 0 aliphatic rings. The Hall–Kier alpha value is -0.400. The van der Waals surface area contributed by atoms with Crippen molar-refractivity contribution < 1.29 is 31.8 Å². The van der Waals surface area contributed by atoms with Crippen LogP contribution >= 0.6 is 0 Å². The van der Waals surface area contributed by atoms with Gasteiger partial charge in [-0.15, -0.1) is 0 Å². The molecule has 92 valence electrons. The van der Waals surface area contributed by atoms with Gasteiger partial charge in [0.1, 0.15) is 6.61 Å². The van der Waals surface area contributed by atoms with Crippen LogP contribution in [0.1, 0.15) is 0 Å². The fourth-order valence-electron chi connectivity index (χ4n) is 0.633. The predicted molar refractivity (Wildman–Crippen MR) is 44.5 cm³/mol. The van der Waals surface area contributed by atoms with Gasteiger partial charge in [0, 0.05) is 7.11 Å². The fourth-order valence-corrected chi connectivity index (χ4v) is 0.633. The lowest BCUT2D eigenvalue weighted by Crippen LogP contribution is -2.32. The predicted octanol–water partition coefficient (Wildman–Crippen LogP) is 1.57. The summed E-state index contributed by atoms with van der Waals surface area (Å²) in [5.41, 5.74) is 0. The summed E-state index contributed by atoms with van der Waals surface area (Å²) < 4.78 is 61.6. The molecular formula is C8H14F4O3. The molecule has 0 bridgehead atoms. The van der Waals surface area contributed by atoms with E-state index >= 15 is 0 Å². The lowest BCUT2D eigenvalue weighted by Gasteiger charge is -2.14. The number of halogens is 4. The van der Waals surface area contributed by atoms with Crippen LogP contribution in [0.5, 0.6) is 0 Å². The minimum atomic E-state index is -4.09. The van der Waals surface area contributed by atoms with Crippen LogP contribution in [0.4, 0.5) is 17.6 Å². The maximum Gasteiger partial charge on any atom is 0.330 e. The molecule has 0 aliphatic carbocycles. The van der Waals surface area contributed by atoms with Crippen molar-refractivity contribution in [2.45, 2.75) is 12.3 Å². The summed E-state index contributed by atoms with van der Waals surface area (Å²) in [6.45, 7) is -0.675. The van der Waals surface area contributed by atoms with E-state index < -0.39 is 19.0 Å². The highest BCUT2D eigenvalue weighted by molar-refractivity contribution is 4.67. The van der Waals surface area contributed by atoms with Crippen LogP contribution in [0, 0.1) is 0 Å². The van der Waals surface area contributed by atoms with Crippen molar-refractivity contribution in [3.63, 3.8) is 0 Å². The molecule has 7 heteroatoms. The minimum absolute atomic E-state index is 0.0721. The molecule has 0 radical (unpaired) electrons. The first-order chi connectivity index (χ1) is 7.00. The van der Waals surface area contributed by atoms with Gasteiger partial charge < -0.3 is 14.2 Å². The van der Waals surface area contributed by atoms with Crippen LogP contribution in [0.15, 0.2) is 0 Å². The first kappa shape index (κ1) is 14.6. The van der Waals surface area contributed by atoms with E-state index in [0.29, 0.717) is 13.2 Å². The second-order valence-electron chi connectivity index (χ2n) is 2.72. The van der Waals surface area contributed by atoms with E-state index in [-0.39, 0.29) is 13.2 Å². The molecule has 0 heterocycles. The van der Waals surface area contributed by atoms with Gasteiger partial charge in [0.2, 0.25) is 0 Å². The van der Waals surface area contributed by atoms with Gasteiger partial charge in [-0.05, 0) is 0 Å². The zero-order valence-corrected chi connectivity index (χ0v) is 8.35. The summed E-state index contributed by atoms with van der Waals surface area (Å²) in [5.74, 6) is -4.09. The number of alkyl halides is 4. The Balaban J connectivity index is 3.31. The third-order valence-electron chi connectivity index (χ3n) is 1.42. The molecule has 0 aliphatic heterocycles. The van der Waals surface area contributed by atoms with Crippen molar-refractivity contribution in [1.29, 1.82) is 0 Å². The summed E-state index contributed by atoms with van der Waals surface area (Å²) in [4.78, 5) is 0. The molecule has 0 N–H and O–H groups in total. The quantitative estimate of drug-likeness (QED) is 0.447. The Bertz CT molecular complexity index is 155. The van der Waals surface area contributed by atoms with Gasteiger partial charge in [-0.3, -0.25) is 0 Å². The summed E-state index contributed by atoms with van der Waals surface area (Å²) in [6.07, 6.45) is -3.70. The maximum atomic E-state index is 12.2. The van der Waals surface area contributed by atoms with Crippen molar-refractivity contribution in [3.8, 4) is 0 Å². The summed E-state index contributed by atoms with van der Waals surface area (Å²) >= 11 is 0. The van der Waals surface area contributed by atoms with Gasteiger partial charge >= 0.3 is 12.3 Å². The molecule has 15 heavy (non-hydrogen) atoms. The van der Waals surface area contributed by atoms with Crippen molar-refractivity contribution in [2.75, 3.05) is 40.1 Å². The molecule has 0 unspecified atom stereocenters. The third-order valence-corrected chi connectivity index (χ3v) is 1.42. The molecule has 0 aromatic heterocycles. The molecule has 0 saturated carbocycles. The van der Waals surface area contributed by atoms with E-state index in [1.54, 1.807) is 0 Å². The van der Waals surface area contributed by atoms with Gasteiger partial charge in [-0.1, -0.05) is 0 Å². The average Bonchev–Trinajstić information content (AvgIpc) is 2.16. The molecule has 0 aromatic rings. The highest BCUT2D eigenvalue weighted by atomic mass is 19.3. The third kappa shape index (κ3) is 7.52. The highest BCUT2D eigenvalue weighted by Gasteiger charge is 2.40. The topological polar surface area (TPSA) is 27.7 Å². The zero-order chi connectivity index (χ0) is 11.7. The second kappa shape index (κ2) is 7.84. The zero-order valence-electron chi connectivity index (χ0n) is 8.35. The van der Waals surface area contributed by atoms with Crippen LogP contribution < -0.4 is 0 Å². The first-order valence-corrected chi connectivity index (χ1v) is 4.31. The number of hydrogen-bond acceptors (Lipinski definition) is 3. The van der Waals surface area contributed by atoms with E-state index in [4.69, 9.17) is 4.74 Å². The fraction of sp³-hybridized carbons (Fsp3) is 1.00. The van der Waals surface area contributed by atoms with Gasteiger partial charge in [0.05, 0.1) is 26.4 Å². The van der Waals surface area contributed by atoms with Crippen LogP contribution in [0.2, 0.25) is 0 Å². The maximum absolute atomic E-state index is 12.2. The second-order valence-corrected chi connectivity index (χ2v) is 2.72. The molecule has 0 saturated heterocycles. The Morgan fingerprint density at radius 2 is 1.53 bits per heavy atom. The molecule has 0 fully saturated rings. The number of ether oxygens (including phenoxy) is 3. The standard InChI is InChI=1S/C8H14F4O3/c1-13-2-3-14-4-5-15-6-8(11,12)7(9)10/h7H,2-6H2,1H3.